The van der Waals surface area contributed by atoms with E-state index in [1.165, 1.54) is 0 Å². The fourth-order valence-corrected chi connectivity index (χ4v) is 3.11. The second-order valence-corrected chi connectivity index (χ2v) is 7.98. The highest BCUT2D eigenvalue weighted by atomic mass is 16.2. The fourth-order valence-electron chi connectivity index (χ4n) is 3.11. The van der Waals surface area contributed by atoms with E-state index in [2.05, 4.69) is 21.3 Å². The fraction of sp³-hybridized carbons (Fsp3) is 0.385. The van der Waals surface area contributed by atoms with E-state index < -0.39 is 0 Å². The summed E-state index contributed by atoms with van der Waals surface area (Å²) in [5.41, 5.74) is 1.92. The van der Waals surface area contributed by atoms with E-state index in [0.29, 0.717) is 35.6 Å². The second kappa shape index (κ2) is 14.5. The number of benzene rings is 2. The van der Waals surface area contributed by atoms with Gasteiger partial charge in [-0.3, -0.25) is 19.2 Å². The van der Waals surface area contributed by atoms with Crippen molar-refractivity contribution in [3.63, 3.8) is 0 Å². The molecule has 0 saturated heterocycles. The normalized spacial score (nSPS) is 10.3. The smallest absolute Gasteiger partial charge is 0.251 e. The number of rotatable bonds is 13. The van der Waals surface area contributed by atoms with E-state index in [1.54, 1.807) is 48.5 Å². The average Bonchev–Trinajstić information content (AvgIpc) is 2.83. The van der Waals surface area contributed by atoms with Gasteiger partial charge >= 0.3 is 0 Å². The zero-order valence-electron chi connectivity index (χ0n) is 19.9. The Morgan fingerprint density at radius 1 is 0.647 bits per heavy atom. The minimum absolute atomic E-state index is 0.0179. The molecule has 2 aromatic carbocycles. The van der Waals surface area contributed by atoms with Crippen LogP contribution in [0.15, 0.2) is 48.5 Å². The van der Waals surface area contributed by atoms with E-state index in [1.807, 2.05) is 13.8 Å². The molecule has 0 heterocycles. The van der Waals surface area contributed by atoms with Crippen molar-refractivity contribution in [1.82, 2.24) is 10.6 Å². The predicted molar refractivity (Wildman–Crippen MR) is 134 cm³/mol. The van der Waals surface area contributed by atoms with E-state index in [0.717, 1.165) is 25.7 Å². The Morgan fingerprint density at radius 3 is 1.44 bits per heavy atom. The SMILES string of the molecule is CCCCNC(=O)c1cccc(NC(=O)CCC(=O)Nc2cccc(C(=O)NCCCC)c2)c1. The number of amides is 4. The maximum absolute atomic E-state index is 12.3. The van der Waals surface area contributed by atoms with Crippen LogP contribution in [0.3, 0.4) is 0 Å². The first-order valence-electron chi connectivity index (χ1n) is 11.8. The molecule has 0 radical (unpaired) electrons. The summed E-state index contributed by atoms with van der Waals surface area (Å²) < 4.78 is 0. The topological polar surface area (TPSA) is 116 Å². The molecule has 4 N–H and O–H groups in total. The van der Waals surface area contributed by atoms with Gasteiger partial charge in [-0.05, 0) is 49.2 Å². The van der Waals surface area contributed by atoms with Crippen molar-refractivity contribution in [3.05, 3.63) is 59.7 Å². The molecule has 0 saturated carbocycles. The van der Waals surface area contributed by atoms with Crippen LogP contribution in [0.2, 0.25) is 0 Å². The van der Waals surface area contributed by atoms with E-state index in [-0.39, 0.29) is 36.5 Å². The van der Waals surface area contributed by atoms with Gasteiger partial charge in [0.1, 0.15) is 0 Å². The van der Waals surface area contributed by atoms with Crippen LogP contribution in [0.5, 0.6) is 0 Å². The molecule has 0 spiro atoms. The molecular formula is C26H34N4O4. The molecule has 182 valence electrons. The molecule has 0 fully saturated rings. The molecule has 2 aromatic rings. The van der Waals surface area contributed by atoms with E-state index in [9.17, 15) is 19.2 Å². The highest BCUT2D eigenvalue weighted by Gasteiger charge is 2.11. The van der Waals surface area contributed by atoms with Crippen LogP contribution in [-0.2, 0) is 9.59 Å². The maximum atomic E-state index is 12.3. The molecule has 8 nitrogen and oxygen atoms in total. The van der Waals surface area contributed by atoms with Crippen molar-refractivity contribution < 1.29 is 19.2 Å². The van der Waals surface area contributed by atoms with Gasteiger partial charge < -0.3 is 21.3 Å². The third-order valence-corrected chi connectivity index (χ3v) is 5.03. The van der Waals surface area contributed by atoms with Crippen molar-refractivity contribution in [2.45, 2.75) is 52.4 Å². The summed E-state index contributed by atoms with van der Waals surface area (Å²) in [6, 6.07) is 13.4. The third kappa shape index (κ3) is 9.44. The zero-order chi connectivity index (χ0) is 24.8. The molecule has 8 heteroatoms. The minimum Gasteiger partial charge on any atom is -0.352 e. The number of carbonyl (C=O) groups is 4. The molecule has 0 aliphatic carbocycles. The summed E-state index contributed by atoms with van der Waals surface area (Å²) in [7, 11) is 0. The van der Waals surface area contributed by atoms with Crippen molar-refractivity contribution in [2.24, 2.45) is 0 Å². The lowest BCUT2D eigenvalue weighted by molar-refractivity contribution is -0.121. The molecule has 0 atom stereocenters. The van der Waals surface area contributed by atoms with Gasteiger partial charge in [-0.1, -0.05) is 38.8 Å². The number of anilines is 2. The molecule has 34 heavy (non-hydrogen) atoms. The summed E-state index contributed by atoms with van der Waals surface area (Å²) >= 11 is 0. The van der Waals surface area contributed by atoms with Gasteiger partial charge in [-0.25, -0.2) is 0 Å². The number of hydrogen-bond acceptors (Lipinski definition) is 4. The van der Waals surface area contributed by atoms with Gasteiger partial charge in [0.05, 0.1) is 0 Å². The van der Waals surface area contributed by atoms with E-state index in [4.69, 9.17) is 0 Å². The Kier molecular flexibility index (Phi) is 11.3. The van der Waals surface area contributed by atoms with Crippen molar-refractivity contribution in [2.75, 3.05) is 23.7 Å². The number of nitrogens with one attached hydrogen (secondary N) is 4. The van der Waals surface area contributed by atoms with Gasteiger partial charge in [0.2, 0.25) is 11.8 Å². The highest BCUT2D eigenvalue weighted by molar-refractivity contribution is 6.00. The van der Waals surface area contributed by atoms with Crippen LogP contribution in [0.1, 0.15) is 73.1 Å². The van der Waals surface area contributed by atoms with Crippen LogP contribution >= 0.6 is 0 Å². The lowest BCUT2D eigenvalue weighted by Gasteiger charge is -2.09. The van der Waals surface area contributed by atoms with Crippen LogP contribution in [-0.4, -0.2) is 36.7 Å². The minimum atomic E-state index is -0.331. The van der Waals surface area contributed by atoms with Crippen molar-refractivity contribution in [1.29, 1.82) is 0 Å². The van der Waals surface area contributed by atoms with E-state index >= 15 is 0 Å². The Labute approximate surface area is 200 Å². The van der Waals surface area contributed by atoms with Crippen LogP contribution in [0, 0.1) is 0 Å². The third-order valence-electron chi connectivity index (χ3n) is 5.03. The molecule has 0 aliphatic heterocycles. The average molecular weight is 467 g/mol. The van der Waals surface area contributed by atoms with Gasteiger partial charge in [0.15, 0.2) is 0 Å². The molecule has 0 aromatic heterocycles. The zero-order valence-corrected chi connectivity index (χ0v) is 19.9. The van der Waals surface area contributed by atoms with Crippen molar-refractivity contribution in [3.8, 4) is 0 Å². The van der Waals surface area contributed by atoms with Crippen LogP contribution < -0.4 is 21.3 Å². The summed E-state index contributed by atoms with van der Waals surface area (Å²) in [5.74, 6) is -1.04. The van der Waals surface area contributed by atoms with Crippen LogP contribution in [0.25, 0.3) is 0 Å². The quantitative estimate of drug-likeness (QED) is 0.333. The van der Waals surface area contributed by atoms with Gasteiger partial charge in [-0.2, -0.15) is 0 Å². The molecule has 0 unspecified atom stereocenters. The highest BCUT2D eigenvalue weighted by Crippen LogP contribution is 2.13. The summed E-state index contributed by atoms with van der Waals surface area (Å²) in [5, 5.41) is 11.1. The Balaban J connectivity index is 1.82. The summed E-state index contributed by atoms with van der Waals surface area (Å²) in [6.07, 6.45) is 3.75. The lowest BCUT2D eigenvalue weighted by atomic mass is 10.1. The first-order valence-corrected chi connectivity index (χ1v) is 11.8. The largest absolute Gasteiger partial charge is 0.352 e. The monoisotopic (exact) mass is 466 g/mol. The standard InChI is InChI=1S/C26H34N4O4/c1-3-5-15-27-25(33)19-9-7-11-21(17-19)29-23(31)13-14-24(32)30-22-12-8-10-20(18-22)26(34)28-16-6-4-2/h7-12,17-18H,3-6,13-16H2,1-2H3,(H,27,33)(H,28,34)(H,29,31)(H,30,32). The molecule has 4 amide bonds. The van der Waals surface area contributed by atoms with Crippen LogP contribution in [0.4, 0.5) is 11.4 Å². The van der Waals surface area contributed by atoms with Gasteiger partial charge in [-0.15, -0.1) is 0 Å². The Hall–Kier alpha value is -3.68. The van der Waals surface area contributed by atoms with Crippen molar-refractivity contribution >= 4 is 35.0 Å². The lowest BCUT2D eigenvalue weighted by Crippen LogP contribution is -2.24. The number of hydrogen-bond donors (Lipinski definition) is 4. The predicted octanol–water partition coefficient (Wildman–Crippen LogP) is 4.10. The molecule has 2 rings (SSSR count). The Bertz CT molecular complexity index is 911. The molecule has 0 bridgehead atoms. The number of carbonyl (C=O) groups excluding carboxylic acids is 4. The first kappa shape index (κ1) is 26.6. The summed E-state index contributed by atoms with van der Waals surface area (Å²) in [4.78, 5) is 48.9. The maximum Gasteiger partial charge on any atom is 0.251 e. The molecule has 0 aliphatic rings. The first-order chi connectivity index (χ1) is 16.4. The summed E-state index contributed by atoms with van der Waals surface area (Å²) in [6.45, 7) is 5.31. The molecular weight excluding hydrogens is 432 g/mol. The second-order valence-electron chi connectivity index (χ2n) is 7.98. The number of unbranched alkanes of at least 4 members (excludes halogenated alkanes) is 2. The van der Waals surface area contributed by atoms with Gasteiger partial charge in [0.25, 0.3) is 11.8 Å². The Morgan fingerprint density at radius 2 is 1.06 bits per heavy atom. The van der Waals surface area contributed by atoms with Gasteiger partial charge in [0, 0.05) is 48.4 Å².